The predicted octanol–water partition coefficient (Wildman–Crippen LogP) is 1.34. The Bertz CT molecular complexity index is 443. The molecule has 0 bridgehead atoms. The van der Waals surface area contributed by atoms with E-state index < -0.39 is 0 Å². The molecule has 0 aliphatic carbocycles. The molecule has 0 radical (unpaired) electrons. The molecule has 0 aliphatic rings. The van der Waals surface area contributed by atoms with E-state index in [1.165, 1.54) is 10.9 Å². The fourth-order valence-corrected chi connectivity index (χ4v) is 1.74. The van der Waals surface area contributed by atoms with Crippen molar-refractivity contribution in [3.63, 3.8) is 0 Å². The van der Waals surface area contributed by atoms with E-state index in [9.17, 15) is 0 Å². The van der Waals surface area contributed by atoms with Crippen molar-refractivity contribution in [2.45, 2.75) is 13.5 Å². The van der Waals surface area contributed by atoms with Gasteiger partial charge in [-0.25, -0.2) is 0 Å². The van der Waals surface area contributed by atoms with E-state index in [0.29, 0.717) is 6.54 Å². The fourth-order valence-electron chi connectivity index (χ4n) is 1.74. The lowest BCUT2D eigenvalue weighted by Gasteiger charge is -2.03. The van der Waals surface area contributed by atoms with Gasteiger partial charge < -0.3 is 5.73 Å². The van der Waals surface area contributed by atoms with Crippen molar-refractivity contribution in [2.75, 3.05) is 0 Å². The quantitative estimate of drug-likeness (QED) is 0.710. The molecule has 2 rings (SSSR count). The van der Waals surface area contributed by atoms with Crippen LogP contribution in [0.25, 0.3) is 10.9 Å². The van der Waals surface area contributed by atoms with Crippen LogP contribution in [0.5, 0.6) is 0 Å². The second-order valence-corrected chi connectivity index (χ2v) is 3.33. The van der Waals surface area contributed by atoms with Gasteiger partial charge in [0.05, 0.1) is 11.7 Å². The van der Waals surface area contributed by atoms with Crippen molar-refractivity contribution in [2.24, 2.45) is 12.8 Å². The molecule has 68 valence electrons. The van der Waals surface area contributed by atoms with Crippen molar-refractivity contribution < 1.29 is 0 Å². The maximum absolute atomic E-state index is 5.67. The fraction of sp³-hybridized carbons (Fsp3) is 0.300. The predicted molar refractivity (Wildman–Crippen MR) is 53.3 cm³/mol. The second kappa shape index (κ2) is 2.85. The Morgan fingerprint density at radius 2 is 2.23 bits per heavy atom. The highest BCUT2D eigenvalue weighted by Gasteiger charge is 2.04. The highest BCUT2D eigenvalue weighted by atomic mass is 15.2. The molecule has 0 aliphatic heterocycles. The molecule has 3 nitrogen and oxygen atoms in total. The van der Waals surface area contributed by atoms with E-state index in [4.69, 9.17) is 5.73 Å². The van der Waals surface area contributed by atoms with Crippen molar-refractivity contribution in [1.82, 2.24) is 9.78 Å². The van der Waals surface area contributed by atoms with Crippen LogP contribution < -0.4 is 5.73 Å². The molecule has 0 unspecified atom stereocenters. The number of aromatic nitrogens is 2. The van der Waals surface area contributed by atoms with E-state index in [2.05, 4.69) is 24.2 Å². The van der Waals surface area contributed by atoms with Crippen LogP contribution in [0, 0.1) is 6.92 Å². The molecule has 0 amide bonds. The molecule has 0 fully saturated rings. The summed E-state index contributed by atoms with van der Waals surface area (Å²) in [5.74, 6) is 0. The SMILES string of the molecule is Cc1cc(CN)c2c(cnn2C)c1. The van der Waals surface area contributed by atoms with Gasteiger partial charge >= 0.3 is 0 Å². The number of nitrogens with zero attached hydrogens (tertiary/aromatic N) is 2. The van der Waals surface area contributed by atoms with Crippen LogP contribution in [0.1, 0.15) is 11.1 Å². The molecule has 13 heavy (non-hydrogen) atoms. The number of rotatable bonds is 1. The number of aryl methyl sites for hydroxylation is 2. The minimum atomic E-state index is 0.567. The molecular weight excluding hydrogens is 162 g/mol. The van der Waals surface area contributed by atoms with Gasteiger partial charge in [-0.2, -0.15) is 5.10 Å². The van der Waals surface area contributed by atoms with Crippen molar-refractivity contribution >= 4 is 10.9 Å². The summed E-state index contributed by atoms with van der Waals surface area (Å²) >= 11 is 0. The number of hydrogen-bond acceptors (Lipinski definition) is 2. The van der Waals surface area contributed by atoms with Gasteiger partial charge in [0.1, 0.15) is 0 Å². The zero-order chi connectivity index (χ0) is 9.42. The van der Waals surface area contributed by atoms with Gasteiger partial charge in [-0.15, -0.1) is 0 Å². The van der Waals surface area contributed by atoms with Gasteiger partial charge in [0, 0.05) is 19.0 Å². The summed E-state index contributed by atoms with van der Waals surface area (Å²) in [4.78, 5) is 0. The van der Waals surface area contributed by atoms with Gasteiger partial charge in [-0.05, 0) is 18.6 Å². The summed E-state index contributed by atoms with van der Waals surface area (Å²) in [5, 5.41) is 5.38. The Balaban J connectivity index is 2.85. The third-order valence-corrected chi connectivity index (χ3v) is 2.28. The number of fused-ring (bicyclic) bond motifs is 1. The molecule has 0 spiro atoms. The lowest BCUT2D eigenvalue weighted by atomic mass is 10.1. The van der Waals surface area contributed by atoms with E-state index in [1.807, 2.05) is 17.9 Å². The van der Waals surface area contributed by atoms with Gasteiger partial charge in [0.2, 0.25) is 0 Å². The molecule has 1 aromatic heterocycles. The average Bonchev–Trinajstić information content (AvgIpc) is 2.46. The molecule has 0 saturated heterocycles. The zero-order valence-corrected chi connectivity index (χ0v) is 7.91. The summed E-state index contributed by atoms with van der Waals surface area (Å²) in [6, 6.07) is 4.24. The van der Waals surface area contributed by atoms with Crippen LogP contribution in [0.2, 0.25) is 0 Å². The largest absolute Gasteiger partial charge is 0.326 e. The monoisotopic (exact) mass is 175 g/mol. The van der Waals surface area contributed by atoms with Crippen LogP contribution in [-0.2, 0) is 13.6 Å². The summed E-state index contributed by atoms with van der Waals surface area (Å²) in [6.45, 7) is 2.64. The maximum atomic E-state index is 5.67. The molecular formula is C10H13N3. The van der Waals surface area contributed by atoms with Gasteiger partial charge in [0.15, 0.2) is 0 Å². The highest BCUT2D eigenvalue weighted by molar-refractivity contribution is 5.82. The van der Waals surface area contributed by atoms with E-state index in [1.54, 1.807) is 0 Å². The van der Waals surface area contributed by atoms with E-state index >= 15 is 0 Å². The lowest BCUT2D eigenvalue weighted by Crippen LogP contribution is -2.01. The summed E-state index contributed by atoms with van der Waals surface area (Å²) in [7, 11) is 1.94. The van der Waals surface area contributed by atoms with Crippen LogP contribution >= 0.6 is 0 Å². The van der Waals surface area contributed by atoms with Gasteiger partial charge in [0.25, 0.3) is 0 Å². The molecule has 0 atom stereocenters. The standard InChI is InChI=1S/C10H13N3/c1-7-3-8(5-11)10-9(4-7)6-12-13(10)2/h3-4,6H,5,11H2,1-2H3. The van der Waals surface area contributed by atoms with Crippen molar-refractivity contribution in [3.05, 3.63) is 29.5 Å². The number of nitrogens with two attached hydrogens (primary N) is 1. The van der Waals surface area contributed by atoms with Crippen LogP contribution in [-0.4, -0.2) is 9.78 Å². The topological polar surface area (TPSA) is 43.8 Å². The molecule has 2 N–H and O–H groups in total. The smallest absolute Gasteiger partial charge is 0.0724 e. The van der Waals surface area contributed by atoms with Crippen LogP contribution in [0.4, 0.5) is 0 Å². The molecule has 1 heterocycles. The second-order valence-electron chi connectivity index (χ2n) is 3.33. The van der Waals surface area contributed by atoms with Crippen LogP contribution in [0.15, 0.2) is 18.3 Å². The average molecular weight is 175 g/mol. The molecule has 3 heteroatoms. The number of benzene rings is 1. The molecule has 1 aromatic carbocycles. The van der Waals surface area contributed by atoms with Gasteiger partial charge in [-0.3, -0.25) is 4.68 Å². The summed E-state index contributed by atoms with van der Waals surface area (Å²) < 4.78 is 1.87. The van der Waals surface area contributed by atoms with E-state index in [-0.39, 0.29) is 0 Å². The summed E-state index contributed by atoms with van der Waals surface area (Å²) in [6.07, 6.45) is 1.88. The first kappa shape index (κ1) is 8.26. The van der Waals surface area contributed by atoms with E-state index in [0.717, 1.165) is 11.1 Å². The Hall–Kier alpha value is -1.35. The Morgan fingerprint density at radius 3 is 2.92 bits per heavy atom. The minimum Gasteiger partial charge on any atom is -0.326 e. The Kier molecular flexibility index (Phi) is 1.81. The highest BCUT2D eigenvalue weighted by Crippen LogP contribution is 2.19. The third kappa shape index (κ3) is 1.21. The molecule has 0 saturated carbocycles. The Morgan fingerprint density at radius 1 is 1.46 bits per heavy atom. The normalized spacial score (nSPS) is 11.0. The van der Waals surface area contributed by atoms with Gasteiger partial charge in [-0.1, -0.05) is 11.6 Å². The third-order valence-electron chi connectivity index (χ3n) is 2.28. The molecule has 2 aromatic rings. The number of hydrogen-bond donors (Lipinski definition) is 1. The summed E-state index contributed by atoms with van der Waals surface area (Å²) in [5.41, 5.74) is 9.22. The van der Waals surface area contributed by atoms with Crippen LogP contribution in [0.3, 0.4) is 0 Å². The minimum absolute atomic E-state index is 0.567. The first-order chi connectivity index (χ1) is 6.22. The first-order valence-corrected chi connectivity index (χ1v) is 4.33. The maximum Gasteiger partial charge on any atom is 0.0724 e. The van der Waals surface area contributed by atoms with Crippen molar-refractivity contribution in [1.29, 1.82) is 0 Å². The lowest BCUT2D eigenvalue weighted by molar-refractivity contribution is 0.791. The first-order valence-electron chi connectivity index (χ1n) is 4.33. The Labute approximate surface area is 77.2 Å². The zero-order valence-electron chi connectivity index (χ0n) is 7.91. The van der Waals surface area contributed by atoms with Crippen molar-refractivity contribution in [3.8, 4) is 0 Å².